The Balaban J connectivity index is 1.57. The molecule has 1 amide bonds. The number of aryl methyl sites for hydroxylation is 1. The molecule has 26 heavy (non-hydrogen) atoms. The standard InChI is InChI=1S/C20H19N3O3/c1-13-6-3-4-9-17(13)23-12-15(11-18(23)24)20-21-19(22-26-20)14-7-5-8-16(10-14)25-2/h3-10,15H,11-12H2,1-2H3. The normalized spacial score (nSPS) is 16.9. The van der Waals surface area contributed by atoms with Gasteiger partial charge >= 0.3 is 0 Å². The third-order valence-corrected chi connectivity index (χ3v) is 4.65. The first-order valence-electron chi connectivity index (χ1n) is 8.49. The summed E-state index contributed by atoms with van der Waals surface area (Å²) >= 11 is 0. The average molecular weight is 349 g/mol. The third-order valence-electron chi connectivity index (χ3n) is 4.65. The SMILES string of the molecule is COc1cccc(-c2noc(C3CC(=O)N(c4ccccc4C)C3)n2)c1. The topological polar surface area (TPSA) is 68.5 Å². The van der Waals surface area contributed by atoms with E-state index in [4.69, 9.17) is 9.26 Å². The van der Waals surface area contributed by atoms with Gasteiger partial charge in [0.05, 0.1) is 13.0 Å². The van der Waals surface area contributed by atoms with Gasteiger partial charge in [0.1, 0.15) is 5.75 Å². The maximum absolute atomic E-state index is 12.5. The van der Waals surface area contributed by atoms with Crippen molar-refractivity contribution in [2.24, 2.45) is 0 Å². The predicted molar refractivity (Wildman–Crippen MR) is 97.2 cm³/mol. The Kier molecular flexibility index (Phi) is 4.16. The summed E-state index contributed by atoms with van der Waals surface area (Å²) in [5.41, 5.74) is 2.83. The summed E-state index contributed by atoms with van der Waals surface area (Å²) in [7, 11) is 1.62. The Morgan fingerprint density at radius 2 is 2.04 bits per heavy atom. The molecule has 2 heterocycles. The number of rotatable bonds is 4. The highest BCUT2D eigenvalue weighted by atomic mass is 16.5. The lowest BCUT2D eigenvalue weighted by Crippen LogP contribution is -2.25. The molecule has 1 aromatic heterocycles. The van der Waals surface area contributed by atoms with Gasteiger partial charge < -0.3 is 14.2 Å². The largest absolute Gasteiger partial charge is 0.497 e. The molecule has 132 valence electrons. The number of ether oxygens (including phenoxy) is 1. The molecular formula is C20H19N3O3. The second-order valence-electron chi connectivity index (χ2n) is 6.38. The smallest absolute Gasteiger partial charge is 0.232 e. The van der Waals surface area contributed by atoms with Crippen LogP contribution in [0.1, 0.15) is 23.8 Å². The lowest BCUT2D eigenvalue weighted by molar-refractivity contribution is -0.117. The molecular weight excluding hydrogens is 330 g/mol. The van der Waals surface area contributed by atoms with E-state index in [1.165, 1.54) is 0 Å². The van der Waals surface area contributed by atoms with Crippen LogP contribution in [0.15, 0.2) is 53.1 Å². The zero-order valence-corrected chi connectivity index (χ0v) is 14.7. The van der Waals surface area contributed by atoms with E-state index >= 15 is 0 Å². The highest BCUT2D eigenvalue weighted by Crippen LogP contribution is 2.33. The molecule has 1 atom stereocenters. The van der Waals surface area contributed by atoms with E-state index in [9.17, 15) is 4.79 Å². The molecule has 0 bridgehead atoms. The van der Waals surface area contributed by atoms with Crippen LogP contribution >= 0.6 is 0 Å². The maximum Gasteiger partial charge on any atom is 0.232 e. The fraction of sp³-hybridized carbons (Fsp3) is 0.250. The zero-order valence-electron chi connectivity index (χ0n) is 14.7. The molecule has 0 spiro atoms. The molecule has 1 fully saturated rings. The number of hydrogen-bond donors (Lipinski definition) is 0. The molecule has 0 radical (unpaired) electrons. The van der Waals surface area contributed by atoms with Gasteiger partial charge in [0.2, 0.25) is 17.6 Å². The van der Waals surface area contributed by atoms with E-state index in [0.717, 1.165) is 22.6 Å². The molecule has 0 N–H and O–H groups in total. The van der Waals surface area contributed by atoms with E-state index in [1.54, 1.807) is 12.0 Å². The molecule has 0 aliphatic carbocycles. The number of carbonyl (C=O) groups is 1. The maximum atomic E-state index is 12.5. The number of benzene rings is 2. The summed E-state index contributed by atoms with van der Waals surface area (Å²) in [5, 5.41) is 4.08. The third kappa shape index (κ3) is 2.94. The minimum Gasteiger partial charge on any atom is -0.497 e. The summed E-state index contributed by atoms with van der Waals surface area (Å²) in [4.78, 5) is 18.8. The second-order valence-corrected chi connectivity index (χ2v) is 6.38. The first-order valence-corrected chi connectivity index (χ1v) is 8.49. The predicted octanol–water partition coefficient (Wildman–Crippen LogP) is 3.57. The van der Waals surface area contributed by atoms with Gasteiger partial charge in [-0.1, -0.05) is 35.5 Å². The van der Waals surface area contributed by atoms with E-state index in [2.05, 4.69) is 10.1 Å². The van der Waals surface area contributed by atoms with Crippen LogP contribution in [0.3, 0.4) is 0 Å². The van der Waals surface area contributed by atoms with Crippen molar-refractivity contribution in [3.8, 4) is 17.1 Å². The fourth-order valence-electron chi connectivity index (χ4n) is 3.25. The highest BCUT2D eigenvalue weighted by Gasteiger charge is 2.35. The van der Waals surface area contributed by atoms with Crippen molar-refractivity contribution >= 4 is 11.6 Å². The van der Waals surface area contributed by atoms with Gasteiger partial charge in [-0.2, -0.15) is 4.98 Å². The lowest BCUT2D eigenvalue weighted by Gasteiger charge is -2.18. The first kappa shape index (κ1) is 16.3. The van der Waals surface area contributed by atoms with Crippen molar-refractivity contribution in [2.45, 2.75) is 19.3 Å². The number of aromatic nitrogens is 2. The van der Waals surface area contributed by atoms with Crippen LogP contribution < -0.4 is 9.64 Å². The Labute approximate surface area is 151 Å². The lowest BCUT2D eigenvalue weighted by atomic mass is 10.1. The molecule has 6 heteroatoms. The van der Waals surface area contributed by atoms with Crippen molar-refractivity contribution in [1.82, 2.24) is 10.1 Å². The number of anilines is 1. The van der Waals surface area contributed by atoms with Gasteiger partial charge in [-0.05, 0) is 30.7 Å². The number of hydrogen-bond acceptors (Lipinski definition) is 5. The Morgan fingerprint density at radius 1 is 1.19 bits per heavy atom. The molecule has 4 rings (SSSR count). The van der Waals surface area contributed by atoms with Crippen LogP contribution in [0.2, 0.25) is 0 Å². The van der Waals surface area contributed by atoms with Crippen molar-refractivity contribution in [3.05, 3.63) is 60.0 Å². The summed E-state index contributed by atoms with van der Waals surface area (Å²) in [6, 6.07) is 15.4. The van der Waals surface area contributed by atoms with Crippen molar-refractivity contribution < 1.29 is 14.1 Å². The highest BCUT2D eigenvalue weighted by molar-refractivity contribution is 5.97. The van der Waals surface area contributed by atoms with E-state index in [0.29, 0.717) is 24.7 Å². The van der Waals surface area contributed by atoms with Crippen LogP contribution in [0.4, 0.5) is 5.69 Å². The average Bonchev–Trinajstić information content (AvgIpc) is 3.29. The van der Waals surface area contributed by atoms with Crippen LogP contribution in [-0.2, 0) is 4.79 Å². The quantitative estimate of drug-likeness (QED) is 0.720. The van der Waals surface area contributed by atoms with Gasteiger partial charge in [-0.3, -0.25) is 4.79 Å². The van der Waals surface area contributed by atoms with Crippen LogP contribution in [-0.4, -0.2) is 29.7 Å². The van der Waals surface area contributed by atoms with Gasteiger partial charge in [0.15, 0.2) is 0 Å². The molecule has 1 saturated heterocycles. The van der Waals surface area contributed by atoms with Gasteiger partial charge in [-0.25, -0.2) is 0 Å². The molecule has 2 aromatic carbocycles. The summed E-state index contributed by atoms with van der Waals surface area (Å²) in [6.07, 6.45) is 0.369. The van der Waals surface area contributed by atoms with Crippen molar-refractivity contribution in [1.29, 1.82) is 0 Å². The van der Waals surface area contributed by atoms with Crippen LogP contribution in [0.5, 0.6) is 5.75 Å². The molecule has 1 unspecified atom stereocenters. The number of carbonyl (C=O) groups excluding carboxylic acids is 1. The van der Waals surface area contributed by atoms with Crippen molar-refractivity contribution in [3.63, 3.8) is 0 Å². The number of para-hydroxylation sites is 1. The Hall–Kier alpha value is -3.15. The monoisotopic (exact) mass is 349 g/mol. The second kappa shape index (κ2) is 6.63. The van der Waals surface area contributed by atoms with Gasteiger partial charge in [0.25, 0.3) is 0 Å². The fourth-order valence-corrected chi connectivity index (χ4v) is 3.25. The number of amides is 1. The number of nitrogens with zero attached hydrogens (tertiary/aromatic N) is 3. The first-order chi connectivity index (χ1) is 12.7. The van der Waals surface area contributed by atoms with Gasteiger partial charge in [-0.15, -0.1) is 0 Å². The minimum atomic E-state index is -0.103. The van der Waals surface area contributed by atoms with Crippen LogP contribution in [0.25, 0.3) is 11.4 Å². The van der Waals surface area contributed by atoms with Crippen LogP contribution in [0, 0.1) is 6.92 Å². The molecule has 1 aliphatic rings. The van der Waals surface area contributed by atoms with E-state index in [1.807, 2.05) is 55.5 Å². The zero-order chi connectivity index (χ0) is 18.1. The molecule has 3 aromatic rings. The molecule has 6 nitrogen and oxygen atoms in total. The Morgan fingerprint density at radius 3 is 2.85 bits per heavy atom. The molecule has 0 saturated carbocycles. The summed E-state index contributed by atoms with van der Waals surface area (Å²) < 4.78 is 10.7. The summed E-state index contributed by atoms with van der Waals surface area (Å²) in [5.74, 6) is 1.70. The van der Waals surface area contributed by atoms with Gasteiger partial charge in [0, 0.05) is 24.2 Å². The minimum absolute atomic E-state index is 0.0745. The van der Waals surface area contributed by atoms with E-state index in [-0.39, 0.29) is 11.8 Å². The molecule has 1 aliphatic heterocycles. The van der Waals surface area contributed by atoms with Crippen molar-refractivity contribution in [2.75, 3.05) is 18.6 Å². The Bertz CT molecular complexity index is 951. The van der Waals surface area contributed by atoms with E-state index < -0.39 is 0 Å². The number of methoxy groups -OCH3 is 1. The summed E-state index contributed by atoms with van der Waals surface area (Å²) in [6.45, 7) is 2.55.